The number of methoxy groups -OCH3 is 1. The monoisotopic (exact) mass is 913 g/mol. The number of aryl methyl sites for hydroxylation is 4. The number of likely N-dealkylation sites (N-methyl/N-ethyl adjacent to an activating group) is 1. The third-order valence-corrected chi connectivity index (χ3v) is 8.59. The van der Waals surface area contributed by atoms with Gasteiger partial charge in [0.1, 0.15) is 22.0 Å². The van der Waals surface area contributed by atoms with Crippen LogP contribution in [0.15, 0.2) is 65.6 Å². The summed E-state index contributed by atoms with van der Waals surface area (Å²) in [6.07, 6.45) is 3.90. The number of carbonyl (C=O) groups excluding carboxylic acids is 2. The zero-order valence-electron chi connectivity index (χ0n) is 34.3. The van der Waals surface area contributed by atoms with Crippen LogP contribution in [-0.2, 0) is 36.8 Å². The molecule has 0 atom stereocenters. The van der Waals surface area contributed by atoms with Gasteiger partial charge in [-0.15, -0.1) is 27.8 Å². The first-order chi connectivity index (χ1) is 28.5. The maximum absolute atomic E-state index is 11.2. The number of rotatable bonds is 10. The fourth-order valence-corrected chi connectivity index (χ4v) is 5.06. The molecule has 0 unspecified atom stereocenters. The van der Waals surface area contributed by atoms with Crippen molar-refractivity contribution in [3.8, 4) is 0 Å². The van der Waals surface area contributed by atoms with Crippen molar-refractivity contribution in [3.63, 3.8) is 0 Å². The number of carboxylic acid groups (broad SMARTS) is 6. The first-order valence-corrected chi connectivity index (χ1v) is 18.2. The summed E-state index contributed by atoms with van der Waals surface area (Å²) >= 11 is 2.54. The number of carboxylic acids is 6. The standard InChI is InChI=1S/C8H11N3O3.C7H8O3S.C6H8N2O2.C6H6O2S.C4H5N3O2.C4H3NO3.Na/c1-10(2)7(12)5-11-4-3-6(9-11)8(13)14;1-10-4-5-2-3-6(11-5)7(8)9;1-4-3-5(6(9)10)7-8(4)2;1-4-2-3-5(9-4)6(7)8;1-7-5-2-3(6-7)4(8)9;6-4(7)3-1-2-5-8-3;/h3-4H,5H2,1-2H3,(H,13,14);2-3H,4H2,1H3,(H,8,9);3H,1-2H3,(H,9,10);2-3H,1H3,(H,7,8);2H,1H3,(H,8,9);1-2H,(H,6,7);/q;;;;;;+1/p-1. The van der Waals surface area contributed by atoms with Gasteiger partial charge in [0.2, 0.25) is 11.7 Å². The zero-order chi connectivity index (χ0) is 46.4. The van der Waals surface area contributed by atoms with Crippen LogP contribution in [0.4, 0.5) is 0 Å². The molecule has 0 aliphatic rings. The number of hydrogen-bond donors (Lipinski definition) is 5. The summed E-state index contributed by atoms with van der Waals surface area (Å²) < 4.78 is 11.9. The minimum Gasteiger partial charge on any atom is -0.543 e. The number of nitrogens with zero attached hydrogens (tertiary/aromatic N) is 9. The Labute approximate surface area is 381 Å². The number of aromatic carboxylic acids is 6. The Morgan fingerprint density at radius 2 is 1.37 bits per heavy atom. The molecule has 328 valence electrons. The van der Waals surface area contributed by atoms with Crippen LogP contribution in [0, 0.1) is 13.8 Å². The first kappa shape index (κ1) is 55.4. The van der Waals surface area contributed by atoms with E-state index in [1.54, 1.807) is 66.5 Å². The fourth-order valence-electron chi connectivity index (χ4n) is 3.54. The number of hydrogen-bond acceptors (Lipinski definition) is 17. The van der Waals surface area contributed by atoms with Crippen LogP contribution in [-0.4, -0.2) is 133 Å². The second-order valence-corrected chi connectivity index (χ2v) is 14.0. The zero-order valence-corrected chi connectivity index (χ0v) is 38.0. The van der Waals surface area contributed by atoms with Crippen molar-refractivity contribution in [3.05, 3.63) is 109 Å². The summed E-state index contributed by atoms with van der Waals surface area (Å²) in [5.74, 6) is -6.48. The number of thiophene rings is 2. The number of carbonyl (C=O) groups is 7. The molecule has 0 saturated heterocycles. The molecule has 6 aromatic heterocycles. The molecule has 0 saturated carbocycles. The Kier molecular flexibility index (Phi) is 25.1. The number of ether oxygens (including phenoxy) is 1. The van der Waals surface area contributed by atoms with E-state index in [1.165, 1.54) is 78.5 Å². The minimum atomic E-state index is -1.35. The topological polar surface area (TPSA) is 349 Å². The first-order valence-electron chi connectivity index (χ1n) is 16.6. The van der Waals surface area contributed by atoms with E-state index in [0.717, 1.165) is 15.4 Å². The van der Waals surface area contributed by atoms with E-state index in [9.17, 15) is 38.7 Å². The quantitative estimate of drug-likeness (QED) is 0.103. The number of amides is 1. The Morgan fingerprint density at radius 3 is 1.68 bits per heavy atom. The van der Waals surface area contributed by atoms with Gasteiger partial charge in [-0.1, -0.05) is 5.16 Å². The molecular formula is C35H40N9NaO15S2. The third-order valence-electron chi connectivity index (χ3n) is 6.56. The maximum atomic E-state index is 11.2. The molecule has 0 fully saturated rings. The SMILES string of the molecule is CN(C)C(=O)Cn1ccc(C(=O)[O-])n1.COCc1ccc(C(=O)O)s1.Cc1cc(C(=O)O)nn1C.Cc1ccc(C(=O)O)s1.Cn1ncc(C(=O)O)n1.O=C(O)c1ccno1.[Na+]. The maximum Gasteiger partial charge on any atom is 1.00 e. The minimum absolute atomic E-state index is 0. The van der Waals surface area contributed by atoms with Crippen LogP contribution in [0.25, 0.3) is 0 Å². The van der Waals surface area contributed by atoms with E-state index in [0.29, 0.717) is 16.4 Å². The molecule has 0 aromatic carbocycles. The molecule has 0 radical (unpaired) electrons. The van der Waals surface area contributed by atoms with E-state index in [2.05, 4.69) is 30.1 Å². The van der Waals surface area contributed by atoms with Gasteiger partial charge in [-0.3, -0.25) is 14.2 Å². The molecule has 62 heavy (non-hydrogen) atoms. The van der Waals surface area contributed by atoms with Gasteiger partial charge in [0, 0.05) is 63.0 Å². The normalized spacial score (nSPS) is 9.47. The summed E-state index contributed by atoms with van der Waals surface area (Å²) in [6.45, 7) is 4.20. The summed E-state index contributed by atoms with van der Waals surface area (Å²) in [7, 11) is 8.09. The molecule has 0 bridgehead atoms. The molecular weight excluding hydrogens is 874 g/mol. The van der Waals surface area contributed by atoms with Crippen LogP contribution >= 0.6 is 22.7 Å². The third kappa shape index (κ3) is 21.1. The Hall–Kier alpha value is -6.58. The molecule has 6 heterocycles. The van der Waals surface area contributed by atoms with Crippen molar-refractivity contribution in [2.24, 2.45) is 14.1 Å². The molecule has 6 rings (SSSR count). The van der Waals surface area contributed by atoms with E-state index >= 15 is 0 Å². The molecule has 0 spiro atoms. The van der Waals surface area contributed by atoms with Gasteiger partial charge in [0.15, 0.2) is 11.4 Å². The van der Waals surface area contributed by atoms with Crippen molar-refractivity contribution in [2.45, 2.75) is 27.0 Å². The molecule has 0 aliphatic heterocycles. The van der Waals surface area contributed by atoms with Crippen LogP contribution in [0.5, 0.6) is 0 Å². The molecule has 6 aromatic rings. The summed E-state index contributed by atoms with van der Waals surface area (Å²) in [5.41, 5.74) is 0.742. The average Bonchev–Trinajstić information content (AvgIpc) is 4.03. The van der Waals surface area contributed by atoms with Gasteiger partial charge in [-0.2, -0.15) is 20.1 Å². The summed E-state index contributed by atoms with van der Waals surface area (Å²) in [6, 6.07) is 10.9. The summed E-state index contributed by atoms with van der Waals surface area (Å²) in [4.78, 5) is 77.8. The van der Waals surface area contributed by atoms with Gasteiger partial charge in [0.25, 0.3) is 0 Å². The Bertz CT molecular complexity index is 2290. The van der Waals surface area contributed by atoms with Crippen LogP contribution in [0.2, 0.25) is 0 Å². The average molecular weight is 914 g/mol. The van der Waals surface area contributed by atoms with Crippen molar-refractivity contribution in [2.75, 3.05) is 21.2 Å². The fraction of sp³-hybridized carbons (Fsp3) is 0.257. The molecule has 1 amide bonds. The van der Waals surface area contributed by atoms with Gasteiger partial charge >= 0.3 is 59.4 Å². The Morgan fingerprint density at radius 1 is 0.774 bits per heavy atom. The predicted octanol–water partition coefficient (Wildman–Crippen LogP) is -1.00. The summed E-state index contributed by atoms with van der Waals surface area (Å²) in [5, 5.41) is 69.8. The Balaban J connectivity index is 0.000000724. The van der Waals surface area contributed by atoms with Crippen LogP contribution in [0.3, 0.4) is 0 Å². The van der Waals surface area contributed by atoms with Crippen molar-refractivity contribution in [1.82, 2.24) is 44.6 Å². The van der Waals surface area contributed by atoms with Gasteiger partial charge in [0.05, 0.1) is 25.0 Å². The van der Waals surface area contributed by atoms with E-state index in [1.807, 2.05) is 6.92 Å². The molecule has 27 heteroatoms. The van der Waals surface area contributed by atoms with E-state index in [4.69, 9.17) is 30.3 Å². The largest absolute Gasteiger partial charge is 1.00 e. The van der Waals surface area contributed by atoms with E-state index < -0.39 is 35.8 Å². The van der Waals surface area contributed by atoms with Crippen LogP contribution in [0.1, 0.15) is 76.8 Å². The molecule has 5 N–H and O–H groups in total. The van der Waals surface area contributed by atoms with Gasteiger partial charge in [-0.25, -0.2) is 24.0 Å². The van der Waals surface area contributed by atoms with Gasteiger partial charge in [-0.05, 0) is 50.2 Å². The van der Waals surface area contributed by atoms with Crippen molar-refractivity contribution >= 4 is 64.4 Å². The van der Waals surface area contributed by atoms with Crippen molar-refractivity contribution < 1.29 is 103 Å². The molecule has 0 aliphatic carbocycles. The second-order valence-electron chi connectivity index (χ2n) is 11.5. The second kappa shape index (κ2) is 28.0. The molecule has 24 nitrogen and oxygen atoms in total. The van der Waals surface area contributed by atoms with Gasteiger partial charge < -0.3 is 49.6 Å². The van der Waals surface area contributed by atoms with Crippen molar-refractivity contribution in [1.29, 1.82) is 0 Å². The smallest absolute Gasteiger partial charge is 0.543 e. The predicted molar refractivity (Wildman–Crippen MR) is 210 cm³/mol. The number of aromatic nitrogens is 8. The van der Waals surface area contributed by atoms with Crippen LogP contribution < -0.4 is 34.7 Å². The van der Waals surface area contributed by atoms with E-state index in [-0.39, 0.29) is 64.9 Å².